The van der Waals surface area contributed by atoms with Gasteiger partial charge in [0.1, 0.15) is 5.58 Å². The van der Waals surface area contributed by atoms with Crippen LogP contribution in [0.25, 0.3) is 11.0 Å². The molecule has 2 aliphatic heterocycles. The lowest BCUT2D eigenvalue weighted by molar-refractivity contribution is -0.126. The fourth-order valence-corrected chi connectivity index (χ4v) is 4.85. The number of carbonyl (C=O) groups is 2. The Balaban J connectivity index is 1.94. The Morgan fingerprint density at radius 1 is 1.16 bits per heavy atom. The molecule has 2 amide bonds. The molecule has 0 fully saturated rings. The molecule has 1 atom stereocenters. The van der Waals surface area contributed by atoms with Crippen molar-refractivity contribution >= 4 is 40.1 Å². The van der Waals surface area contributed by atoms with Gasteiger partial charge in [0.25, 0.3) is 11.8 Å². The van der Waals surface area contributed by atoms with E-state index in [0.29, 0.717) is 16.3 Å². The summed E-state index contributed by atoms with van der Waals surface area (Å²) < 4.78 is 5.85. The third kappa shape index (κ3) is 2.35. The van der Waals surface area contributed by atoms with Crippen molar-refractivity contribution in [3.63, 3.8) is 0 Å². The van der Waals surface area contributed by atoms with Gasteiger partial charge in [0.15, 0.2) is 11.0 Å². The highest BCUT2D eigenvalue weighted by Crippen LogP contribution is 2.52. The van der Waals surface area contributed by atoms with Gasteiger partial charge in [-0.1, -0.05) is 35.9 Å². The van der Waals surface area contributed by atoms with Crippen LogP contribution < -0.4 is 10.3 Å². The third-order valence-corrected chi connectivity index (χ3v) is 6.07. The highest BCUT2D eigenvalue weighted by molar-refractivity contribution is 6.31. The normalized spacial score (nSPS) is 19.4. The highest BCUT2D eigenvalue weighted by Gasteiger charge is 2.64. The smallest absolute Gasteiger partial charge is 0.291 e. The van der Waals surface area contributed by atoms with Gasteiger partial charge >= 0.3 is 0 Å². The molecule has 8 heteroatoms. The molecule has 1 N–H and O–H groups in total. The van der Waals surface area contributed by atoms with E-state index in [1.807, 2.05) is 0 Å². The molecule has 1 spiro atoms. The number of fused-ring (bicyclic) bond motifs is 5. The topological polar surface area (TPSA) is 91.1 Å². The van der Waals surface area contributed by atoms with E-state index in [0.717, 1.165) is 0 Å². The molecule has 2 aliphatic rings. The minimum atomic E-state index is -1.73. The van der Waals surface area contributed by atoms with Crippen molar-refractivity contribution in [3.05, 3.63) is 87.3 Å². The number of anilines is 1. The lowest BCUT2D eigenvalue weighted by Crippen LogP contribution is -2.54. The van der Waals surface area contributed by atoms with Gasteiger partial charge in [-0.25, -0.2) is 0 Å². The monoisotopic (exact) mass is 436 g/mol. The van der Waals surface area contributed by atoms with Gasteiger partial charge < -0.3 is 19.3 Å². The maximum absolute atomic E-state index is 13.9. The number of amides is 2. The Hall–Kier alpha value is -3.42. The Morgan fingerprint density at radius 2 is 1.94 bits per heavy atom. The van der Waals surface area contributed by atoms with E-state index >= 15 is 0 Å². The molecule has 3 heterocycles. The number of benzene rings is 2. The molecule has 0 saturated heterocycles. The number of para-hydroxylation sites is 1. The summed E-state index contributed by atoms with van der Waals surface area (Å²) in [7, 11) is 0. The number of hydrogen-bond acceptors (Lipinski definition) is 5. The summed E-state index contributed by atoms with van der Waals surface area (Å²) in [4.78, 5) is 43.7. The van der Waals surface area contributed by atoms with Crippen LogP contribution in [0, 0.1) is 0 Å². The van der Waals surface area contributed by atoms with E-state index in [1.54, 1.807) is 36.4 Å². The Kier molecular flexibility index (Phi) is 4.28. The van der Waals surface area contributed by atoms with Crippen LogP contribution in [-0.4, -0.2) is 41.5 Å². The molecule has 5 rings (SSSR count). The first kappa shape index (κ1) is 19.5. The lowest BCUT2D eigenvalue weighted by Gasteiger charge is -2.33. The van der Waals surface area contributed by atoms with Crippen LogP contribution in [0.1, 0.15) is 21.7 Å². The van der Waals surface area contributed by atoms with Gasteiger partial charge in [-0.05, 0) is 24.3 Å². The summed E-state index contributed by atoms with van der Waals surface area (Å²) in [6.45, 7) is 3.37. The number of β-amino-alcohol motifs (C(OH)–C–C–N with tert-alkyl or cyclic N) is 1. The number of nitrogens with zero attached hydrogens (tertiary/aromatic N) is 2. The molecular weight excluding hydrogens is 420 g/mol. The lowest BCUT2D eigenvalue weighted by atomic mass is 9.84. The third-order valence-electron chi connectivity index (χ3n) is 5.83. The predicted octanol–water partition coefficient (Wildman–Crippen LogP) is 2.67. The van der Waals surface area contributed by atoms with Gasteiger partial charge in [0.05, 0.1) is 23.2 Å². The van der Waals surface area contributed by atoms with Crippen molar-refractivity contribution in [2.45, 2.75) is 5.54 Å². The van der Waals surface area contributed by atoms with E-state index in [4.69, 9.17) is 16.0 Å². The first-order chi connectivity index (χ1) is 15.0. The molecule has 3 aromatic rings. The summed E-state index contributed by atoms with van der Waals surface area (Å²) in [6, 6.07) is 11.5. The minimum Gasteiger partial charge on any atom is -0.450 e. The summed E-state index contributed by atoms with van der Waals surface area (Å²) in [6.07, 6.45) is 1.57. The SMILES string of the molecule is C=CCN1C(=O)C2(c3ccccc31)c1c(oc3ccc(Cl)cc3c1=O)C(=O)N2CCO. The molecule has 0 bridgehead atoms. The van der Waals surface area contributed by atoms with Gasteiger partial charge in [-0.3, -0.25) is 14.4 Å². The first-order valence-electron chi connectivity index (χ1n) is 9.68. The number of aliphatic hydroxyl groups is 1. The Labute approximate surface area is 181 Å². The zero-order chi connectivity index (χ0) is 21.9. The summed E-state index contributed by atoms with van der Waals surface area (Å²) >= 11 is 6.10. The molecular formula is C23H17ClN2O5. The molecule has 0 saturated carbocycles. The van der Waals surface area contributed by atoms with Crippen LogP contribution in [0.3, 0.4) is 0 Å². The molecule has 0 aliphatic carbocycles. The average molecular weight is 437 g/mol. The number of aliphatic hydroxyl groups excluding tert-OH is 1. The van der Waals surface area contributed by atoms with Crippen LogP contribution in [0.4, 0.5) is 5.69 Å². The van der Waals surface area contributed by atoms with Crippen molar-refractivity contribution in [3.8, 4) is 0 Å². The van der Waals surface area contributed by atoms with E-state index < -0.39 is 29.4 Å². The van der Waals surface area contributed by atoms with Crippen molar-refractivity contribution in [1.82, 2.24) is 4.90 Å². The largest absolute Gasteiger partial charge is 0.450 e. The van der Waals surface area contributed by atoms with Crippen LogP contribution >= 0.6 is 11.6 Å². The van der Waals surface area contributed by atoms with Crippen molar-refractivity contribution in [1.29, 1.82) is 0 Å². The molecule has 0 radical (unpaired) electrons. The van der Waals surface area contributed by atoms with E-state index in [-0.39, 0.29) is 35.4 Å². The van der Waals surface area contributed by atoms with Crippen LogP contribution in [0.5, 0.6) is 0 Å². The van der Waals surface area contributed by atoms with Gasteiger partial charge in [-0.15, -0.1) is 6.58 Å². The average Bonchev–Trinajstić information content (AvgIpc) is 3.15. The molecule has 1 unspecified atom stereocenters. The zero-order valence-corrected chi connectivity index (χ0v) is 17.1. The maximum Gasteiger partial charge on any atom is 0.291 e. The fourth-order valence-electron chi connectivity index (χ4n) is 4.67. The Bertz CT molecular complexity index is 1350. The van der Waals surface area contributed by atoms with Gasteiger partial charge in [0.2, 0.25) is 5.76 Å². The second-order valence-electron chi connectivity index (χ2n) is 7.39. The van der Waals surface area contributed by atoms with E-state index in [2.05, 4.69) is 6.58 Å². The molecule has 31 heavy (non-hydrogen) atoms. The fraction of sp³-hybridized carbons (Fsp3) is 0.174. The maximum atomic E-state index is 13.9. The predicted molar refractivity (Wildman–Crippen MR) is 115 cm³/mol. The zero-order valence-electron chi connectivity index (χ0n) is 16.3. The summed E-state index contributed by atoms with van der Waals surface area (Å²) in [5.41, 5.74) is -1.03. The van der Waals surface area contributed by atoms with E-state index in [1.165, 1.54) is 21.9 Å². The summed E-state index contributed by atoms with van der Waals surface area (Å²) in [5, 5.41) is 10.2. The van der Waals surface area contributed by atoms with Crippen LogP contribution in [-0.2, 0) is 10.3 Å². The van der Waals surface area contributed by atoms with Crippen molar-refractivity contribution in [2.75, 3.05) is 24.6 Å². The number of halogens is 1. The number of carbonyl (C=O) groups excluding carboxylic acids is 2. The van der Waals surface area contributed by atoms with Gasteiger partial charge in [-0.2, -0.15) is 0 Å². The molecule has 1 aromatic heterocycles. The molecule has 7 nitrogen and oxygen atoms in total. The second kappa shape index (κ2) is 6.80. The Morgan fingerprint density at radius 3 is 2.68 bits per heavy atom. The second-order valence-corrected chi connectivity index (χ2v) is 7.82. The van der Waals surface area contributed by atoms with E-state index in [9.17, 15) is 19.5 Å². The highest BCUT2D eigenvalue weighted by atomic mass is 35.5. The van der Waals surface area contributed by atoms with Crippen LogP contribution in [0.2, 0.25) is 5.02 Å². The standard InChI is InChI=1S/C23H17ClN2O5/c1-2-9-25-16-6-4-3-5-15(16)23(22(25)30)18-19(28)14-12-13(24)7-8-17(14)31-20(18)21(29)26(23)10-11-27/h2-8,12,27H,1,9-11H2. The number of hydrogen-bond donors (Lipinski definition) is 1. The summed E-state index contributed by atoms with van der Waals surface area (Å²) in [5.74, 6) is -1.29. The van der Waals surface area contributed by atoms with Crippen molar-refractivity contribution in [2.24, 2.45) is 0 Å². The molecule has 2 aromatic carbocycles. The van der Waals surface area contributed by atoms with Crippen LogP contribution in [0.15, 0.2) is 64.3 Å². The quantitative estimate of drug-likeness (QED) is 0.635. The van der Waals surface area contributed by atoms with Gasteiger partial charge in [0, 0.05) is 23.7 Å². The van der Waals surface area contributed by atoms with Crippen molar-refractivity contribution < 1.29 is 19.1 Å². The molecule has 156 valence electrons. The minimum absolute atomic E-state index is 0.0512. The first-order valence-corrected chi connectivity index (χ1v) is 10.1. The number of rotatable bonds is 4.